The van der Waals surface area contributed by atoms with E-state index in [9.17, 15) is 19.8 Å². The van der Waals surface area contributed by atoms with Gasteiger partial charge in [-0.2, -0.15) is 0 Å². The van der Waals surface area contributed by atoms with Gasteiger partial charge < -0.3 is 20.8 Å². The van der Waals surface area contributed by atoms with Crippen LogP contribution >= 0.6 is 11.8 Å². The molecule has 4 aliphatic rings. The Hall–Kier alpha value is -1.09. The summed E-state index contributed by atoms with van der Waals surface area (Å²) in [5, 5.41) is 20.0. The Morgan fingerprint density at radius 3 is 2.67 bits per heavy atom. The van der Waals surface area contributed by atoms with E-state index in [1.165, 1.54) is 4.90 Å². The highest BCUT2D eigenvalue weighted by molar-refractivity contribution is 8.03. The summed E-state index contributed by atoms with van der Waals surface area (Å²) in [6.07, 6.45) is 3.56. The number of carboxylic acids is 1. The molecule has 0 unspecified atom stereocenters. The van der Waals surface area contributed by atoms with Crippen LogP contribution in [0.5, 0.6) is 0 Å². The van der Waals surface area contributed by atoms with Crippen LogP contribution in [0.25, 0.3) is 0 Å². The van der Waals surface area contributed by atoms with Crippen molar-refractivity contribution in [2.24, 2.45) is 17.6 Å². The monoisotopic (exact) mass is 395 g/mol. The van der Waals surface area contributed by atoms with E-state index < -0.39 is 18.0 Å². The minimum absolute atomic E-state index is 0.0487. The molecule has 3 fully saturated rings. The van der Waals surface area contributed by atoms with Crippen LogP contribution in [0.4, 0.5) is 0 Å². The van der Waals surface area contributed by atoms with E-state index in [-0.39, 0.29) is 23.6 Å². The van der Waals surface area contributed by atoms with Gasteiger partial charge in [-0.15, -0.1) is 11.8 Å². The molecule has 0 bridgehead atoms. The molecule has 150 valence electrons. The van der Waals surface area contributed by atoms with Crippen molar-refractivity contribution in [3.63, 3.8) is 0 Å². The normalized spacial score (nSPS) is 40.4. The maximum absolute atomic E-state index is 12.4. The quantitative estimate of drug-likeness (QED) is 0.592. The number of aliphatic hydroxyl groups excluding tert-OH is 1. The Bertz CT molecular complexity index is 682. The molecule has 3 heterocycles. The lowest BCUT2D eigenvalue weighted by atomic mass is 9.79. The van der Waals surface area contributed by atoms with Gasteiger partial charge in [0.1, 0.15) is 5.70 Å². The standard InChI is InChI=1S/C19H29N3O4S/c1-9-15-14(10(2)23)18(24)22(15)16(19(25)26)17(9)27-13-5-6-21(8-13)12-4-3-11(20)7-12/h9-15,23H,3-8,20H2,1-2H3,(H,25,26)/t9-,10-,11-,12+,13-,14-,15-/m1/s1. The molecule has 7 atom stereocenters. The molecule has 0 spiro atoms. The highest BCUT2D eigenvalue weighted by Crippen LogP contribution is 2.52. The summed E-state index contributed by atoms with van der Waals surface area (Å²) in [6, 6.07) is 0.641. The first kappa shape index (κ1) is 19.2. The Kier molecular flexibility index (Phi) is 5.03. The molecule has 0 aromatic carbocycles. The number of thioether (sulfide) groups is 1. The summed E-state index contributed by atoms with van der Waals surface area (Å²) < 4.78 is 0. The minimum Gasteiger partial charge on any atom is -0.477 e. The van der Waals surface area contributed by atoms with Crippen LogP contribution < -0.4 is 5.73 Å². The van der Waals surface area contributed by atoms with Gasteiger partial charge in [-0.3, -0.25) is 9.69 Å². The van der Waals surface area contributed by atoms with Crippen LogP contribution in [0.15, 0.2) is 10.6 Å². The van der Waals surface area contributed by atoms with Gasteiger partial charge in [-0.1, -0.05) is 6.92 Å². The highest BCUT2D eigenvalue weighted by Gasteiger charge is 2.60. The van der Waals surface area contributed by atoms with Gasteiger partial charge in [-0.05, 0) is 39.2 Å². The molecule has 4 rings (SSSR count). The van der Waals surface area contributed by atoms with E-state index in [0.29, 0.717) is 17.3 Å². The van der Waals surface area contributed by atoms with E-state index in [4.69, 9.17) is 5.73 Å². The first-order valence-electron chi connectivity index (χ1n) is 9.94. The first-order valence-corrected chi connectivity index (χ1v) is 10.8. The number of hydrogen-bond acceptors (Lipinski definition) is 6. The van der Waals surface area contributed by atoms with Gasteiger partial charge in [0.05, 0.1) is 18.1 Å². The average molecular weight is 396 g/mol. The lowest BCUT2D eigenvalue weighted by Gasteiger charge is -2.46. The molecule has 7 nitrogen and oxygen atoms in total. The number of likely N-dealkylation sites (tertiary alicyclic amines) is 1. The topological polar surface area (TPSA) is 107 Å². The lowest BCUT2D eigenvalue weighted by Crippen LogP contribution is -2.63. The second-order valence-electron chi connectivity index (χ2n) is 8.52. The Balaban J connectivity index is 1.48. The number of amides is 1. The summed E-state index contributed by atoms with van der Waals surface area (Å²) in [5.74, 6) is -1.84. The average Bonchev–Trinajstić information content (AvgIpc) is 3.27. The number of rotatable bonds is 5. The molecule has 27 heavy (non-hydrogen) atoms. The zero-order valence-corrected chi connectivity index (χ0v) is 16.7. The third-order valence-corrected chi connectivity index (χ3v) is 8.28. The van der Waals surface area contributed by atoms with Crippen LogP contribution in [0.1, 0.15) is 39.5 Å². The molecule has 1 saturated carbocycles. The first-order chi connectivity index (χ1) is 12.8. The van der Waals surface area contributed by atoms with Gasteiger partial charge in [0.2, 0.25) is 5.91 Å². The Labute approximate surface area is 163 Å². The number of nitrogens with zero attached hydrogens (tertiary/aromatic N) is 2. The summed E-state index contributed by atoms with van der Waals surface area (Å²) in [7, 11) is 0. The molecule has 1 amide bonds. The van der Waals surface area contributed by atoms with Crippen molar-refractivity contribution in [2.45, 2.75) is 69.0 Å². The number of aliphatic carboxylic acids is 1. The number of fused-ring (bicyclic) bond motifs is 1. The fraction of sp³-hybridized carbons (Fsp3) is 0.789. The molecule has 0 aromatic rings. The van der Waals surface area contributed by atoms with Gasteiger partial charge in [0.25, 0.3) is 0 Å². The van der Waals surface area contributed by atoms with Crippen molar-refractivity contribution in [1.29, 1.82) is 0 Å². The second-order valence-corrected chi connectivity index (χ2v) is 9.86. The van der Waals surface area contributed by atoms with Crippen LogP contribution in [0, 0.1) is 11.8 Å². The molecule has 4 N–H and O–H groups in total. The van der Waals surface area contributed by atoms with E-state index in [2.05, 4.69) is 4.90 Å². The zero-order chi connectivity index (χ0) is 19.5. The van der Waals surface area contributed by atoms with E-state index >= 15 is 0 Å². The van der Waals surface area contributed by atoms with Gasteiger partial charge >= 0.3 is 5.97 Å². The van der Waals surface area contributed by atoms with Crippen molar-refractivity contribution >= 4 is 23.6 Å². The minimum atomic E-state index is -1.04. The van der Waals surface area contributed by atoms with Gasteiger partial charge in [0.15, 0.2) is 0 Å². The van der Waals surface area contributed by atoms with Crippen molar-refractivity contribution in [3.05, 3.63) is 10.6 Å². The third-order valence-electron chi connectivity index (χ3n) is 6.74. The number of carbonyl (C=O) groups is 2. The second kappa shape index (κ2) is 7.06. The van der Waals surface area contributed by atoms with Crippen LogP contribution in [0.2, 0.25) is 0 Å². The maximum Gasteiger partial charge on any atom is 0.353 e. The number of β-lactam (4-membered cyclic amide) rings is 1. The summed E-state index contributed by atoms with van der Waals surface area (Å²) in [5.41, 5.74) is 6.19. The Morgan fingerprint density at radius 1 is 1.33 bits per heavy atom. The molecular formula is C19H29N3O4S. The van der Waals surface area contributed by atoms with Crippen LogP contribution in [-0.4, -0.2) is 74.5 Å². The summed E-state index contributed by atoms with van der Waals surface area (Å²) >= 11 is 1.64. The predicted molar refractivity (Wildman–Crippen MR) is 103 cm³/mol. The van der Waals surface area contributed by atoms with Gasteiger partial charge in [-0.25, -0.2) is 4.79 Å². The zero-order valence-electron chi connectivity index (χ0n) is 15.9. The fourth-order valence-electron chi connectivity index (χ4n) is 5.36. The van der Waals surface area contributed by atoms with E-state index in [1.807, 2.05) is 6.92 Å². The van der Waals surface area contributed by atoms with Crippen LogP contribution in [-0.2, 0) is 9.59 Å². The Morgan fingerprint density at radius 2 is 2.07 bits per heavy atom. The van der Waals surface area contributed by atoms with Crippen molar-refractivity contribution in [1.82, 2.24) is 9.80 Å². The molecule has 0 aromatic heterocycles. The van der Waals surface area contributed by atoms with Crippen molar-refractivity contribution in [2.75, 3.05) is 13.1 Å². The summed E-state index contributed by atoms with van der Waals surface area (Å²) in [6.45, 7) is 5.57. The lowest BCUT2D eigenvalue weighted by molar-refractivity contribution is -0.163. The third kappa shape index (κ3) is 3.10. The molecular weight excluding hydrogens is 366 g/mol. The summed E-state index contributed by atoms with van der Waals surface area (Å²) in [4.78, 5) is 29.0. The number of carboxylic acid groups (broad SMARTS) is 1. The number of nitrogens with two attached hydrogens (primary N) is 1. The predicted octanol–water partition coefficient (Wildman–Crippen LogP) is 0.827. The SMILES string of the molecule is C[C@@H](O)[C@H]1C(=O)N2C(C(=O)O)=C(S[C@@H]3CCN([C@H]4CC[C@@H](N)C4)C3)[C@H](C)[C@H]12. The molecule has 0 radical (unpaired) electrons. The molecule has 3 aliphatic heterocycles. The largest absolute Gasteiger partial charge is 0.477 e. The van der Waals surface area contributed by atoms with E-state index in [1.54, 1.807) is 18.7 Å². The highest BCUT2D eigenvalue weighted by atomic mass is 32.2. The number of hydrogen-bond donors (Lipinski definition) is 3. The smallest absolute Gasteiger partial charge is 0.353 e. The van der Waals surface area contributed by atoms with Crippen molar-refractivity contribution in [3.8, 4) is 0 Å². The number of carbonyl (C=O) groups excluding carboxylic acids is 1. The van der Waals surface area contributed by atoms with Crippen LogP contribution in [0.3, 0.4) is 0 Å². The fourth-order valence-corrected chi connectivity index (χ4v) is 6.86. The van der Waals surface area contributed by atoms with Crippen molar-refractivity contribution < 1.29 is 19.8 Å². The van der Waals surface area contributed by atoms with Gasteiger partial charge in [0, 0.05) is 34.7 Å². The maximum atomic E-state index is 12.4. The van der Waals surface area contributed by atoms with E-state index in [0.717, 1.165) is 43.7 Å². The molecule has 8 heteroatoms. The molecule has 2 saturated heterocycles. The number of aliphatic hydroxyl groups is 1. The molecule has 1 aliphatic carbocycles.